The summed E-state index contributed by atoms with van der Waals surface area (Å²) in [7, 11) is 0. The molecule has 0 saturated heterocycles. The van der Waals surface area contributed by atoms with Crippen LogP contribution in [0.4, 0.5) is 5.69 Å². The van der Waals surface area contributed by atoms with Crippen LogP contribution < -0.4 is 10.6 Å². The van der Waals surface area contributed by atoms with Crippen LogP contribution in [-0.2, 0) is 16.5 Å². The lowest BCUT2D eigenvalue weighted by molar-refractivity contribution is -0.115. The second-order valence-corrected chi connectivity index (χ2v) is 7.37. The summed E-state index contributed by atoms with van der Waals surface area (Å²) >= 11 is 3.41. The van der Waals surface area contributed by atoms with Crippen molar-refractivity contribution in [1.29, 1.82) is 0 Å². The first kappa shape index (κ1) is 19.1. The molecule has 2 rings (SSSR count). The standard InChI is InChI=1S/C19H22BrN3O2/c1-19(2,3)23-18(25)16-11-15(7-8-21-16)22-17(24)10-13-5-4-6-14(9-13)12-20/h4-9,11H,10,12H2,1-3H3,(H,23,25)(H,21,22,24). The van der Waals surface area contributed by atoms with E-state index in [1.54, 1.807) is 12.1 Å². The van der Waals surface area contributed by atoms with Crippen molar-refractivity contribution >= 4 is 33.4 Å². The molecule has 0 bridgehead atoms. The van der Waals surface area contributed by atoms with Gasteiger partial charge in [-0.2, -0.15) is 0 Å². The van der Waals surface area contributed by atoms with Crippen molar-refractivity contribution in [1.82, 2.24) is 10.3 Å². The van der Waals surface area contributed by atoms with E-state index in [9.17, 15) is 9.59 Å². The number of hydrogen-bond acceptors (Lipinski definition) is 3. The summed E-state index contributed by atoms with van der Waals surface area (Å²) in [6.07, 6.45) is 1.78. The largest absolute Gasteiger partial charge is 0.346 e. The normalized spacial score (nSPS) is 11.0. The van der Waals surface area contributed by atoms with Gasteiger partial charge in [0.15, 0.2) is 0 Å². The maximum atomic E-state index is 12.2. The number of amides is 2. The molecular weight excluding hydrogens is 382 g/mol. The molecule has 25 heavy (non-hydrogen) atoms. The van der Waals surface area contributed by atoms with Gasteiger partial charge in [-0.1, -0.05) is 40.2 Å². The molecule has 0 aliphatic carbocycles. The minimum Gasteiger partial charge on any atom is -0.346 e. The number of carbonyl (C=O) groups is 2. The zero-order chi connectivity index (χ0) is 18.4. The zero-order valence-corrected chi connectivity index (χ0v) is 16.2. The van der Waals surface area contributed by atoms with E-state index in [1.807, 2.05) is 45.0 Å². The van der Waals surface area contributed by atoms with Crippen molar-refractivity contribution in [2.75, 3.05) is 5.32 Å². The van der Waals surface area contributed by atoms with Gasteiger partial charge in [0.05, 0.1) is 6.42 Å². The lowest BCUT2D eigenvalue weighted by Crippen LogP contribution is -2.40. The molecule has 1 aromatic carbocycles. The molecule has 0 radical (unpaired) electrons. The van der Waals surface area contributed by atoms with E-state index in [4.69, 9.17) is 0 Å². The molecule has 132 valence electrons. The number of rotatable bonds is 5. The lowest BCUT2D eigenvalue weighted by atomic mass is 10.1. The third-order valence-electron chi connectivity index (χ3n) is 3.28. The monoisotopic (exact) mass is 403 g/mol. The number of alkyl halides is 1. The maximum absolute atomic E-state index is 12.2. The summed E-state index contributed by atoms with van der Waals surface area (Å²) in [6, 6.07) is 11.1. The number of nitrogens with one attached hydrogen (secondary N) is 2. The van der Waals surface area contributed by atoms with Crippen LogP contribution in [0.1, 0.15) is 42.4 Å². The van der Waals surface area contributed by atoms with Gasteiger partial charge in [0.1, 0.15) is 5.69 Å². The van der Waals surface area contributed by atoms with Crippen LogP contribution in [0, 0.1) is 0 Å². The van der Waals surface area contributed by atoms with Crippen LogP contribution in [0.2, 0.25) is 0 Å². The fourth-order valence-electron chi connectivity index (χ4n) is 2.25. The first-order valence-corrected chi connectivity index (χ1v) is 9.11. The maximum Gasteiger partial charge on any atom is 0.270 e. The van der Waals surface area contributed by atoms with E-state index in [1.165, 1.54) is 6.20 Å². The van der Waals surface area contributed by atoms with Gasteiger partial charge in [0.2, 0.25) is 5.91 Å². The average molecular weight is 404 g/mol. The Morgan fingerprint density at radius 1 is 1.12 bits per heavy atom. The van der Waals surface area contributed by atoms with E-state index in [0.717, 1.165) is 16.5 Å². The Morgan fingerprint density at radius 2 is 1.84 bits per heavy atom. The number of halogens is 1. The van der Waals surface area contributed by atoms with Crippen molar-refractivity contribution < 1.29 is 9.59 Å². The molecular formula is C19H22BrN3O2. The third-order valence-corrected chi connectivity index (χ3v) is 3.92. The number of aromatic nitrogens is 1. The van der Waals surface area contributed by atoms with Gasteiger partial charge in [0.25, 0.3) is 5.91 Å². The summed E-state index contributed by atoms with van der Waals surface area (Å²) in [5, 5.41) is 6.41. The molecule has 0 atom stereocenters. The summed E-state index contributed by atoms with van der Waals surface area (Å²) < 4.78 is 0. The van der Waals surface area contributed by atoms with Crippen LogP contribution in [0.25, 0.3) is 0 Å². The van der Waals surface area contributed by atoms with Crippen molar-refractivity contribution in [3.63, 3.8) is 0 Å². The second kappa shape index (κ2) is 8.25. The van der Waals surface area contributed by atoms with E-state index in [-0.39, 0.29) is 29.5 Å². The Bertz CT molecular complexity index is 769. The highest BCUT2D eigenvalue weighted by atomic mass is 79.9. The Balaban J connectivity index is 2.03. The lowest BCUT2D eigenvalue weighted by Gasteiger charge is -2.20. The fraction of sp³-hybridized carbons (Fsp3) is 0.316. The van der Waals surface area contributed by atoms with Gasteiger partial charge < -0.3 is 10.6 Å². The van der Waals surface area contributed by atoms with E-state index >= 15 is 0 Å². The molecule has 6 heteroatoms. The van der Waals surface area contributed by atoms with Gasteiger partial charge in [-0.25, -0.2) is 0 Å². The summed E-state index contributed by atoms with van der Waals surface area (Å²) in [5.74, 6) is -0.409. The number of benzene rings is 1. The predicted octanol–water partition coefficient (Wildman–Crippen LogP) is 3.69. The van der Waals surface area contributed by atoms with Gasteiger partial charge in [-0.15, -0.1) is 0 Å². The topological polar surface area (TPSA) is 71.1 Å². The molecule has 0 spiro atoms. The third kappa shape index (κ3) is 6.31. The Hall–Kier alpha value is -2.21. The van der Waals surface area contributed by atoms with Crippen molar-refractivity contribution in [3.05, 3.63) is 59.4 Å². The summed E-state index contributed by atoms with van der Waals surface area (Å²) in [4.78, 5) is 28.5. The first-order chi connectivity index (χ1) is 11.8. The first-order valence-electron chi connectivity index (χ1n) is 7.99. The van der Waals surface area contributed by atoms with Gasteiger partial charge in [-0.05, 0) is 44.0 Å². The minimum absolute atomic E-state index is 0.139. The van der Waals surface area contributed by atoms with Crippen LogP contribution in [-0.4, -0.2) is 22.3 Å². The van der Waals surface area contributed by atoms with E-state index in [0.29, 0.717) is 5.69 Å². The van der Waals surface area contributed by atoms with Crippen LogP contribution in [0.5, 0.6) is 0 Å². The molecule has 0 fully saturated rings. The Morgan fingerprint density at radius 3 is 2.52 bits per heavy atom. The molecule has 5 nitrogen and oxygen atoms in total. The van der Waals surface area contributed by atoms with E-state index in [2.05, 4.69) is 31.5 Å². The minimum atomic E-state index is -0.349. The molecule has 2 N–H and O–H groups in total. The molecule has 0 aliphatic heterocycles. The van der Waals surface area contributed by atoms with Gasteiger partial charge >= 0.3 is 0 Å². The summed E-state index contributed by atoms with van der Waals surface area (Å²) in [6.45, 7) is 5.70. The zero-order valence-electron chi connectivity index (χ0n) is 14.6. The molecule has 2 aromatic rings. The Labute approximate surface area is 156 Å². The fourth-order valence-corrected chi connectivity index (χ4v) is 2.60. The average Bonchev–Trinajstić information content (AvgIpc) is 2.53. The van der Waals surface area contributed by atoms with Crippen LogP contribution >= 0.6 is 15.9 Å². The molecule has 0 aliphatic rings. The number of nitrogens with zero attached hydrogens (tertiary/aromatic N) is 1. The number of pyridine rings is 1. The van der Waals surface area contributed by atoms with Crippen LogP contribution in [0.3, 0.4) is 0 Å². The smallest absolute Gasteiger partial charge is 0.270 e. The molecule has 0 saturated carbocycles. The molecule has 1 aromatic heterocycles. The second-order valence-electron chi connectivity index (χ2n) is 6.81. The van der Waals surface area contributed by atoms with Crippen molar-refractivity contribution in [2.45, 2.75) is 38.1 Å². The number of hydrogen-bond donors (Lipinski definition) is 2. The highest BCUT2D eigenvalue weighted by Gasteiger charge is 2.16. The molecule has 1 heterocycles. The van der Waals surface area contributed by atoms with Gasteiger partial charge in [0, 0.05) is 22.8 Å². The van der Waals surface area contributed by atoms with E-state index < -0.39 is 0 Å². The Kier molecular flexibility index (Phi) is 6.31. The number of anilines is 1. The predicted molar refractivity (Wildman–Crippen MR) is 103 cm³/mol. The molecule has 0 unspecified atom stereocenters. The van der Waals surface area contributed by atoms with Crippen molar-refractivity contribution in [3.8, 4) is 0 Å². The highest BCUT2D eigenvalue weighted by Crippen LogP contribution is 2.13. The quantitative estimate of drug-likeness (QED) is 0.747. The number of carbonyl (C=O) groups excluding carboxylic acids is 2. The van der Waals surface area contributed by atoms with Gasteiger partial charge in [-0.3, -0.25) is 14.6 Å². The summed E-state index contributed by atoms with van der Waals surface area (Å²) in [5.41, 5.74) is 2.53. The molecule has 2 amide bonds. The highest BCUT2D eigenvalue weighted by molar-refractivity contribution is 9.08. The van der Waals surface area contributed by atoms with Crippen molar-refractivity contribution in [2.24, 2.45) is 0 Å². The van der Waals surface area contributed by atoms with Crippen LogP contribution in [0.15, 0.2) is 42.6 Å². The SMILES string of the molecule is CC(C)(C)NC(=O)c1cc(NC(=O)Cc2cccc(CBr)c2)ccn1.